The zero-order valence-corrected chi connectivity index (χ0v) is 13.8. The van der Waals surface area contributed by atoms with Gasteiger partial charge in [-0.05, 0) is 32.4 Å². The van der Waals surface area contributed by atoms with Crippen molar-refractivity contribution in [3.05, 3.63) is 46.6 Å². The highest BCUT2D eigenvalue weighted by Crippen LogP contribution is 2.24. The molecule has 0 saturated carbocycles. The molecule has 0 unspecified atom stereocenters. The topological polar surface area (TPSA) is 70.4 Å². The number of carbonyl (C=O) groups is 2. The summed E-state index contributed by atoms with van der Waals surface area (Å²) in [5, 5.41) is 4.13. The molecule has 0 atom stereocenters. The number of ether oxygens (including phenoxy) is 2. The monoisotopic (exact) mass is 316 g/mol. The normalized spacial score (nSPS) is 10.4. The summed E-state index contributed by atoms with van der Waals surface area (Å²) in [7, 11) is 1.62. The van der Waals surface area contributed by atoms with Gasteiger partial charge in [0.25, 0.3) is 0 Å². The fourth-order valence-electron chi connectivity index (χ4n) is 2.20. The second-order valence-corrected chi connectivity index (χ2v) is 5.09. The van der Waals surface area contributed by atoms with Gasteiger partial charge in [-0.15, -0.1) is 0 Å². The van der Waals surface area contributed by atoms with Crippen LogP contribution < -0.4 is 4.74 Å². The standard InChI is InChI=1S/C17H20N2O4/c1-5-13-14(17(21)22-6-2)18-19(4)15(13)23-16(20)12-9-7-11(3)8-10-12/h7-10H,5-6H2,1-4H3. The molecule has 0 aliphatic heterocycles. The van der Waals surface area contributed by atoms with E-state index >= 15 is 0 Å². The van der Waals surface area contributed by atoms with Crippen LogP contribution in [0.1, 0.15) is 45.8 Å². The Balaban J connectivity index is 2.30. The van der Waals surface area contributed by atoms with E-state index in [-0.39, 0.29) is 18.2 Å². The van der Waals surface area contributed by atoms with Crippen LogP contribution in [0.15, 0.2) is 24.3 Å². The number of aryl methyl sites for hydroxylation is 2. The minimum Gasteiger partial charge on any atom is -0.461 e. The number of carbonyl (C=O) groups excluding carboxylic acids is 2. The number of rotatable bonds is 5. The Morgan fingerprint density at radius 3 is 2.35 bits per heavy atom. The SMILES string of the molecule is CCOC(=O)c1nn(C)c(OC(=O)c2ccc(C)cc2)c1CC. The first-order chi connectivity index (χ1) is 11.0. The molecule has 0 fully saturated rings. The highest BCUT2D eigenvalue weighted by molar-refractivity contribution is 5.93. The molecular weight excluding hydrogens is 296 g/mol. The zero-order chi connectivity index (χ0) is 17.0. The first-order valence-corrected chi connectivity index (χ1v) is 7.49. The van der Waals surface area contributed by atoms with Crippen molar-refractivity contribution in [3.63, 3.8) is 0 Å². The van der Waals surface area contributed by atoms with Gasteiger partial charge in [-0.3, -0.25) is 0 Å². The molecule has 1 aromatic carbocycles. The van der Waals surface area contributed by atoms with Crippen molar-refractivity contribution < 1.29 is 19.1 Å². The minimum atomic E-state index is -0.516. The fourth-order valence-corrected chi connectivity index (χ4v) is 2.20. The summed E-state index contributed by atoms with van der Waals surface area (Å²) in [6.45, 7) is 5.79. The van der Waals surface area contributed by atoms with Crippen LogP contribution in [0.25, 0.3) is 0 Å². The van der Waals surface area contributed by atoms with Crippen LogP contribution >= 0.6 is 0 Å². The van der Waals surface area contributed by atoms with Crippen LogP contribution in [0.5, 0.6) is 5.88 Å². The number of hydrogen-bond acceptors (Lipinski definition) is 5. The summed E-state index contributed by atoms with van der Waals surface area (Å²) in [5.74, 6) is -0.739. The van der Waals surface area contributed by atoms with E-state index in [4.69, 9.17) is 9.47 Å². The van der Waals surface area contributed by atoms with Crippen molar-refractivity contribution in [3.8, 4) is 5.88 Å². The lowest BCUT2D eigenvalue weighted by Crippen LogP contribution is -2.12. The molecule has 6 nitrogen and oxygen atoms in total. The zero-order valence-electron chi connectivity index (χ0n) is 13.8. The van der Waals surface area contributed by atoms with E-state index in [1.54, 1.807) is 26.1 Å². The molecule has 23 heavy (non-hydrogen) atoms. The summed E-state index contributed by atoms with van der Waals surface area (Å²) in [4.78, 5) is 24.2. The van der Waals surface area contributed by atoms with E-state index in [9.17, 15) is 9.59 Å². The maximum Gasteiger partial charge on any atom is 0.359 e. The molecule has 122 valence electrons. The Labute approximate surface area is 135 Å². The molecule has 1 aromatic heterocycles. The molecule has 0 bridgehead atoms. The first-order valence-electron chi connectivity index (χ1n) is 7.49. The van der Waals surface area contributed by atoms with E-state index in [0.717, 1.165) is 5.56 Å². The van der Waals surface area contributed by atoms with Crippen LogP contribution in [0.3, 0.4) is 0 Å². The maximum atomic E-state index is 12.3. The van der Waals surface area contributed by atoms with Crippen LogP contribution in [-0.2, 0) is 18.2 Å². The molecule has 0 saturated heterocycles. The Morgan fingerprint density at radius 2 is 1.78 bits per heavy atom. The van der Waals surface area contributed by atoms with Crippen LogP contribution in [-0.4, -0.2) is 28.3 Å². The molecule has 0 aliphatic rings. The van der Waals surface area contributed by atoms with E-state index in [1.807, 2.05) is 26.0 Å². The smallest absolute Gasteiger partial charge is 0.359 e. The van der Waals surface area contributed by atoms with E-state index in [0.29, 0.717) is 17.5 Å². The number of nitrogens with zero attached hydrogens (tertiary/aromatic N) is 2. The van der Waals surface area contributed by atoms with Crippen molar-refractivity contribution in [1.29, 1.82) is 0 Å². The maximum absolute atomic E-state index is 12.3. The van der Waals surface area contributed by atoms with Crippen molar-refractivity contribution >= 4 is 11.9 Å². The quantitative estimate of drug-likeness (QED) is 0.793. The molecule has 0 aliphatic carbocycles. The van der Waals surface area contributed by atoms with Crippen molar-refractivity contribution in [2.24, 2.45) is 7.05 Å². The molecular formula is C17H20N2O4. The lowest BCUT2D eigenvalue weighted by atomic mass is 10.1. The lowest BCUT2D eigenvalue weighted by molar-refractivity contribution is 0.0516. The molecule has 6 heteroatoms. The van der Waals surface area contributed by atoms with E-state index < -0.39 is 11.9 Å². The Bertz CT molecular complexity index is 717. The highest BCUT2D eigenvalue weighted by atomic mass is 16.5. The van der Waals surface area contributed by atoms with Gasteiger partial charge in [-0.2, -0.15) is 5.10 Å². The van der Waals surface area contributed by atoms with Gasteiger partial charge >= 0.3 is 11.9 Å². The Hall–Kier alpha value is -2.63. The van der Waals surface area contributed by atoms with E-state index in [1.165, 1.54) is 4.68 Å². The Kier molecular flexibility index (Phi) is 5.16. The van der Waals surface area contributed by atoms with Gasteiger partial charge in [0.05, 0.1) is 12.2 Å². The second-order valence-electron chi connectivity index (χ2n) is 5.09. The number of esters is 2. The summed E-state index contributed by atoms with van der Waals surface area (Å²) < 4.78 is 11.8. The number of benzene rings is 1. The van der Waals surface area contributed by atoms with Gasteiger partial charge in [0.2, 0.25) is 5.88 Å². The summed E-state index contributed by atoms with van der Waals surface area (Å²) in [6.07, 6.45) is 0.499. The molecule has 2 aromatic rings. The minimum absolute atomic E-state index is 0.184. The average molecular weight is 316 g/mol. The van der Waals surface area contributed by atoms with Crippen LogP contribution in [0.4, 0.5) is 0 Å². The van der Waals surface area contributed by atoms with Gasteiger partial charge in [0.15, 0.2) is 5.69 Å². The third kappa shape index (κ3) is 3.59. The fraction of sp³-hybridized carbons (Fsp3) is 0.353. The van der Waals surface area contributed by atoms with Crippen LogP contribution in [0.2, 0.25) is 0 Å². The summed E-state index contributed by atoms with van der Waals surface area (Å²) in [6, 6.07) is 7.08. The second kappa shape index (κ2) is 7.09. The molecule has 0 spiro atoms. The van der Waals surface area contributed by atoms with Crippen molar-refractivity contribution in [1.82, 2.24) is 9.78 Å². The third-order valence-electron chi connectivity index (χ3n) is 3.39. The lowest BCUT2D eigenvalue weighted by Gasteiger charge is -2.07. The summed E-state index contributed by atoms with van der Waals surface area (Å²) >= 11 is 0. The predicted octanol–water partition coefficient (Wildman–Crippen LogP) is 2.69. The Morgan fingerprint density at radius 1 is 1.13 bits per heavy atom. The molecule has 2 rings (SSSR count). The number of hydrogen-bond donors (Lipinski definition) is 0. The molecule has 1 heterocycles. The van der Waals surface area contributed by atoms with Gasteiger partial charge in [0.1, 0.15) is 0 Å². The molecule has 0 N–H and O–H groups in total. The van der Waals surface area contributed by atoms with Gasteiger partial charge in [-0.1, -0.05) is 24.6 Å². The largest absolute Gasteiger partial charge is 0.461 e. The third-order valence-corrected chi connectivity index (χ3v) is 3.39. The van der Waals surface area contributed by atoms with Gasteiger partial charge in [-0.25, -0.2) is 14.3 Å². The number of aromatic nitrogens is 2. The average Bonchev–Trinajstić information content (AvgIpc) is 2.84. The predicted molar refractivity (Wildman–Crippen MR) is 84.7 cm³/mol. The summed E-state index contributed by atoms with van der Waals surface area (Å²) in [5.41, 5.74) is 2.24. The first kappa shape index (κ1) is 16.7. The molecule has 0 radical (unpaired) electrons. The molecule has 0 amide bonds. The van der Waals surface area contributed by atoms with Crippen molar-refractivity contribution in [2.75, 3.05) is 6.61 Å². The van der Waals surface area contributed by atoms with Gasteiger partial charge < -0.3 is 9.47 Å². The van der Waals surface area contributed by atoms with Crippen LogP contribution in [0, 0.1) is 6.92 Å². The van der Waals surface area contributed by atoms with Crippen molar-refractivity contribution in [2.45, 2.75) is 27.2 Å². The van der Waals surface area contributed by atoms with Gasteiger partial charge in [0, 0.05) is 12.6 Å². The van der Waals surface area contributed by atoms with E-state index in [2.05, 4.69) is 5.10 Å². The highest BCUT2D eigenvalue weighted by Gasteiger charge is 2.24.